The van der Waals surface area contributed by atoms with E-state index in [1.165, 1.54) is 31.2 Å². The van der Waals surface area contributed by atoms with Gasteiger partial charge in [0.25, 0.3) is 11.6 Å². The molecule has 0 atom stereocenters. The van der Waals surface area contributed by atoms with Crippen LogP contribution in [0, 0.1) is 10.1 Å². The molecule has 0 spiro atoms. The first-order valence-electron chi connectivity index (χ1n) is 6.70. The van der Waals surface area contributed by atoms with Gasteiger partial charge in [0.15, 0.2) is 0 Å². The van der Waals surface area contributed by atoms with Crippen LogP contribution in [0.4, 0.5) is 22.7 Å². The maximum atomic E-state index is 12.2. The maximum Gasteiger partial charge on any atom is 0.292 e. The molecule has 0 aromatic heterocycles. The molecule has 4 N–H and O–H groups in total. The van der Waals surface area contributed by atoms with E-state index >= 15 is 0 Å². The van der Waals surface area contributed by atoms with Crippen LogP contribution in [0.2, 0.25) is 5.02 Å². The molecule has 0 aliphatic heterocycles. The second-order valence-corrected chi connectivity index (χ2v) is 5.27. The van der Waals surface area contributed by atoms with Crippen molar-refractivity contribution in [3.05, 3.63) is 57.1 Å². The lowest BCUT2D eigenvalue weighted by molar-refractivity contribution is -0.383. The van der Waals surface area contributed by atoms with E-state index in [0.717, 1.165) is 6.07 Å². The predicted molar refractivity (Wildman–Crippen MR) is 91.2 cm³/mol. The van der Waals surface area contributed by atoms with Crippen molar-refractivity contribution in [3.63, 3.8) is 0 Å². The van der Waals surface area contributed by atoms with Gasteiger partial charge in [-0.3, -0.25) is 19.7 Å². The number of nitro groups is 1. The van der Waals surface area contributed by atoms with Gasteiger partial charge in [0.2, 0.25) is 5.91 Å². The highest BCUT2D eigenvalue weighted by Crippen LogP contribution is 2.27. The molecule has 0 unspecified atom stereocenters. The highest BCUT2D eigenvalue weighted by atomic mass is 35.5. The minimum atomic E-state index is -0.662. The van der Waals surface area contributed by atoms with Gasteiger partial charge in [-0.1, -0.05) is 11.6 Å². The Balaban J connectivity index is 2.21. The molecule has 9 heteroatoms. The van der Waals surface area contributed by atoms with Gasteiger partial charge in [0, 0.05) is 24.2 Å². The third kappa shape index (κ3) is 3.99. The average molecular weight is 349 g/mol. The molecule has 0 fully saturated rings. The normalized spacial score (nSPS) is 10.1. The third-order valence-electron chi connectivity index (χ3n) is 3.03. The summed E-state index contributed by atoms with van der Waals surface area (Å²) in [6, 6.07) is 8.30. The predicted octanol–water partition coefficient (Wildman–Crippen LogP) is 3.04. The molecular weight excluding hydrogens is 336 g/mol. The highest BCUT2D eigenvalue weighted by Gasteiger charge is 2.16. The van der Waals surface area contributed by atoms with Gasteiger partial charge >= 0.3 is 0 Å². The fourth-order valence-corrected chi connectivity index (χ4v) is 2.16. The Hall–Kier alpha value is -3.13. The number of anilines is 3. The quantitative estimate of drug-likeness (QED) is 0.444. The SMILES string of the molecule is CC(=O)Nc1ccc(NC(=O)c2ccc(N)c([N+](=O)[O-])c2)cc1Cl. The first-order valence-corrected chi connectivity index (χ1v) is 7.08. The third-order valence-corrected chi connectivity index (χ3v) is 3.34. The number of carbonyl (C=O) groups is 2. The fraction of sp³-hybridized carbons (Fsp3) is 0.0667. The number of nitrogens with two attached hydrogens (primary N) is 1. The number of nitrogens with one attached hydrogen (secondary N) is 2. The van der Waals surface area contributed by atoms with Crippen molar-refractivity contribution >= 4 is 46.2 Å². The molecule has 2 rings (SSSR count). The lowest BCUT2D eigenvalue weighted by Gasteiger charge is -2.09. The number of hydrogen-bond acceptors (Lipinski definition) is 5. The number of nitro benzene ring substituents is 1. The molecule has 0 radical (unpaired) electrons. The molecule has 2 aromatic rings. The second kappa shape index (κ2) is 6.97. The molecule has 124 valence electrons. The number of halogens is 1. The monoisotopic (exact) mass is 348 g/mol. The van der Waals surface area contributed by atoms with Crippen LogP contribution in [0.5, 0.6) is 0 Å². The molecule has 0 bridgehead atoms. The van der Waals surface area contributed by atoms with Crippen molar-refractivity contribution in [2.45, 2.75) is 6.92 Å². The fourth-order valence-electron chi connectivity index (χ4n) is 1.93. The van der Waals surface area contributed by atoms with Crippen molar-refractivity contribution in [2.24, 2.45) is 0 Å². The number of amides is 2. The minimum Gasteiger partial charge on any atom is -0.393 e. The van der Waals surface area contributed by atoms with E-state index in [-0.39, 0.29) is 27.9 Å². The molecule has 24 heavy (non-hydrogen) atoms. The van der Waals surface area contributed by atoms with Crippen molar-refractivity contribution in [2.75, 3.05) is 16.4 Å². The topological polar surface area (TPSA) is 127 Å². The van der Waals surface area contributed by atoms with E-state index in [2.05, 4.69) is 10.6 Å². The summed E-state index contributed by atoms with van der Waals surface area (Å²) >= 11 is 6.02. The van der Waals surface area contributed by atoms with E-state index in [1.807, 2.05) is 0 Å². The zero-order valence-corrected chi connectivity index (χ0v) is 13.3. The Kier molecular flexibility index (Phi) is 5.00. The molecule has 0 aliphatic rings. The standard InChI is InChI=1S/C15H13ClN4O4/c1-8(21)18-13-5-3-10(7-11(13)16)19-15(22)9-2-4-12(17)14(6-9)20(23)24/h2-7H,17H2,1H3,(H,18,21)(H,19,22). The van der Waals surface area contributed by atoms with Crippen molar-refractivity contribution in [3.8, 4) is 0 Å². The highest BCUT2D eigenvalue weighted by molar-refractivity contribution is 6.34. The van der Waals surface area contributed by atoms with Crippen molar-refractivity contribution < 1.29 is 14.5 Å². The van der Waals surface area contributed by atoms with Crippen LogP contribution in [-0.4, -0.2) is 16.7 Å². The van der Waals surface area contributed by atoms with Gasteiger partial charge in [0.05, 0.1) is 15.6 Å². The van der Waals surface area contributed by atoms with Crippen molar-refractivity contribution in [1.82, 2.24) is 0 Å². The summed E-state index contributed by atoms with van der Waals surface area (Å²) in [4.78, 5) is 33.4. The first-order chi connectivity index (χ1) is 11.3. The van der Waals surface area contributed by atoms with Crippen LogP contribution < -0.4 is 16.4 Å². The summed E-state index contributed by atoms with van der Waals surface area (Å²) in [6.07, 6.45) is 0. The van der Waals surface area contributed by atoms with Crippen LogP contribution in [0.25, 0.3) is 0 Å². The van der Waals surface area contributed by atoms with Crippen LogP contribution in [0.1, 0.15) is 17.3 Å². The molecule has 0 heterocycles. The average Bonchev–Trinajstić information content (AvgIpc) is 2.49. The van der Waals surface area contributed by atoms with Gasteiger partial charge in [-0.25, -0.2) is 0 Å². The molecule has 0 saturated heterocycles. The number of nitrogen functional groups attached to an aromatic ring is 1. The summed E-state index contributed by atoms with van der Waals surface area (Å²) in [6.45, 7) is 1.35. The zero-order chi connectivity index (χ0) is 17.9. The van der Waals surface area contributed by atoms with Gasteiger partial charge in [-0.2, -0.15) is 0 Å². The van der Waals surface area contributed by atoms with Gasteiger partial charge in [-0.05, 0) is 30.3 Å². The van der Waals surface area contributed by atoms with Gasteiger partial charge < -0.3 is 16.4 Å². The summed E-state index contributed by atoms with van der Waals surface area (Å²) in [7, 11) is 0. The van der Waals surface area contributed by atoms with E-state index < -0.39 is 10.8 Å². The number of benzene rings is 2. The van der Waals surface area contributed by atoms with Crippen LogP contribution in [0.3, 0.4) is 0 Å². The van der Waals surface area contributed by atoms with Crippen LogP contribution in [0.15, 0.2) is 36.4 Å². The van der Waals surface area contributed by atoms with E-state index in [0.29, 0.717) is 11.4 Å². The largest absolute Gasteiger partial charge is 0.393 e. The van der Waals surface area contributed by atoms with Crippen LogP contribution >= 0.6 is 11.6 Å². The summed E-state index contributed by atoms with van der Waals surface area (Å²) < 4.78 is 0. The number of hydrogen-bond donors (Lipinski definition) is 3. The molecular formula is C15H13ClN4O4. The van der Waals surface area contributed by atoms with E-state index in [1.54, 1.807) is 6.07 Å². The lowest BCUT2D eigenvalue weighted by atomic mass is 10.1. The smallest absolute Gasteiger partial charge is 0.292 e. The molecule has 2 amide bonds. The van der Waals surface area contributed by atoms with E-state index in [9.17, 15) is 19.7 Å². The molecule has 0 saturated carbocycles. The Morgan fingerprint density at radius 3 is 2.46 bits per heavy atom. The minimum absolute atomic E-state index is 0.0285. The summed E-state index contributed by atoms with van der Waals surface area (Å²) in [5.74, 6) is -0.829. The summed E-state index contributed by atoms with van der Waals surface area (Å²) in [5, 5.41) is 16.2. The molecule has 2 aromatic carbocycles. The Morgan fingerprint density at radius 1 is 1.17 bits per heavy atom. The Labute approximate surface area is 141 Å². The molecule has 0 aliphatic carbocycles. The zero-order valence-electron chi connectivity index (χ0n) is 12.5. The second-order valence-electron chi connectivity index (χ2n) is 4.86. The maximum absolute atomic E-state index is 12.2. The lowest BCUT2D eigenvalue weighted by Crippen LogP contribution is -2.13. The molecule has 8 nitrogen and oxygen atoms in total. The Morgan fingerprint density at radius 2 is 1.88 bits per heavy atom. The summed E-state index contributed by atoms with van der Waals surface area (Å²) in [5.41, 5.74) is 5.98. The van der Waals surface area contributed by atoms with Crippen molar-refractivity contribution in [1.29, 1.82) is 0 Å². The number of rotatable bonds is 4. The number of carbonyl (C=O) groups excluding carboxylic acids is 2. The van der Waals surface area contributed by atoms with Gasteiger partial charge in [0.1, 0.15) is 5.69 Å². The Bertz CT molecular complexity index is 838. The van der Waals surface area contributed by atoms with Gasteiger partial charge in [-0.15, -0.1) is 0 Å². The van der Waals surface area contributed by atoms with E-state index in [4.69, 9.17) is 17.3 Å². The number of nitrogens with zero attached hydrogens (tertiary/aromatic N) is 1. The van der Waals surface area contributed by atoms with Crippen LogP contribution in [-0.2, 0) is 4.79 Å². The first kappa shape index (κ1) is 17.2.